The Labute approximate surface area is 128 Å². The first-order valence-electron chi connectivity index (χ1n) is 6.84. The fraction of sp³-hybridized carbons (Fsp3) is 0.0556. The van der Waals surface area contributed by atoms with Crippen LogP contribution in [0.3, 0.4) is 0 Å². The van der Waals surface area contributed by atoms with Crippen LogP contribution in [-0.4, -0.2) is 9.97 Å². The van der Waals surface area contributed by atoms with Crippen LogP contribution in [0.1, 0.15) is 11.1 Å². The van der Waals surface area contributed by atoms with Gasteiger partial charge in [-0.05, 0) is 30.3 Å². The van der Waals surface area contributed by atoms with E-state index in [4.69, 9.17) is 10.00 Å². The normalized spacial score (nSPS) is 9.95. The molecule has 0 aliphatic heterocycles. The van der Waals surface area contributed by atoms with Gasteiger partial charge in [-0.15, -0.1) is 0 Å². The molecule has 2 heterocycles. The summed E-state index contributed by atoms with van der Waals surface area (Å²) in [6.45, 7) is 0.433. The van der Waals surface area contributed by atoms with E-state index in [0.29, 0.717) is 17.9 Å². The van der Waals surface area contributed by atoms with Crippen LogP contribution >= 0.6 is 0 Å². The molecular weight excluding hydrogens is 274 g/mol. The van der Waals surface area contributed by atoms with Gasteiger partial charge in [-0.25, -0.2) is 0 Å². The summed E-state index contributed by atoms with van der Waals surface area (Å²) in [6, 6.07) is 17.0. The number of hydrogen-bond acceptors (Lipinski definition) is 4. The van der Waals surface area contributed by atoms with Crippen molar-refractivity contribution < 1.29 is 4.74 Å². The van der Waals surface area contributed by atoms with Crippen molar-refractivity contribution in [2.45, 2.75) is 6.61 Å². The lowest BCUT2D eigenvalue weighted by molar-refractivity contribution is 0.306. The lowest BCUT2D eigenvalue weighted by Gasteiger charge is -2.10. The molecule has 4 nitrogen and oxygen atoms in total. The third kappa shape index (κ3) is 3.10. The minimum Gasteiger partial charge on any atom is -0.487 e. The number of benzene rings is 1. The third-order valence-electron chi connectivity index (χ3n) is 3.18. The Morgan fingerprint density at radius 3 is 2.55 bits per heavy atom. The lowest BCUT2D eigenvalue weighted by Crippen LogP contribution is -1.98. The van der Waals surface area contributed by atoms with Gasteiger partial charge in [0.1, 0.15) is 18.1 Å². The highest BCUT2D eigenvalue weighted by atomic mass is 16.5. The van der Waals surface area contributed by atoms with E-state index in [9.17, 15) is 0 Å². The van der Waals surface area contributed by atoms with Gasteiger partial charge in [-0.2, -0.15) is 5.26 Å². The zero-order chi connectivity index (χ0) is 15.2. The molecule has 4 heteroatoms. The van der Waals surface area contributed by atoms with Crippen LogP contribution < -0.4 is 4.74 Å². The first-order chi connectivity index (χ1) is 10.9. The second-order valence-electron chi connectivity index (χ2n) is 4.69. The predicted molar refractivity (Wildman–Crippen MR) is 83.0 cm³/mol. The molecule has 0 fully saturated rings. The Morgan fingerprint density at radius 2 is 1.82 bits per heavy atom. The second kappa shape index (κ2) is 6.51. The maximum atomic E-state index is 8.87. The first-order valence-corrected chi connectivity index (χ1v) is 6.84. The average Bonchev–Trinajstić information content (AvgIpc) is 2.61. The van der Waals surface area contributed by atoms with Gasteiger partial charge < -0.3 is 4.74 Å². The van der Waals surface area contributed by atoms with Gasteiger partial charge >= 0.3 is 0 Å². The molecule has 0 aliphatic rings. The van der Waals surface area contributed by atoms with Crippen molar-refractivity contribution in [1.82, 2.24) is 9.97 Å². The van der Waals surface area contributed by atoms with Crippen molar-refractivity contribution in [2.24, 2.45) is 0 Å². The predicted octanol–water partition coefficient (Wildman–Crippen LogP) is 3.59. The zero-order valence-corrected chi connectivity index (χ0v) is 11.8. The first kappa shape index (κ1) is 13.8. The van der Waals surface area contributed by atoms with E-state index in [1.165, 1.54) is 0 Å². The Morgan fingerprint density at radius 1 is 1.00 bits per heavy atom. The van der Waals surface area contributed by atoms with Gasteiger partial charge in [0.05, 0.1) is 11.6 Å². The lowest BCUT2D eigenvalue weighted by atomic mass is 10.1. The quantitative estimate of drug-likeness (QED) is 0.735. The van der Waals surface area contributed by atoms with Crippen molar-refractivity contribution >= 4 is 0 Å². The van der Waals surface area contributed by atoms with E-state index in [1.807, 2.05) is 36.4 Å². The molecule has 3 rings (SSSR count). The minimum absolute atomic E-state index is 0.433. The van der Waals surface area contributed by atoms with Crippen molar-refractivity contribution in [3.63, 3.8) is 0 Å². The summed E-state index contributed by atoms with van der Waals surface area (Å²) in [5.41, 5.74) is 3.30. The van der Waals surface area contributed by atoms with Crippen LogP contribution in [0.4, 0.5) is 0 Å². The zero-order valence-electron chi connectivity index (χ0n) is 11.8. The summed E-state index contributed by atoms with van der Waals surface area (Å²) >= 11 is 0. The van der Waals surface area contributed by atoms with E-state index in [1.54, 1.807) is 30.7 Å². The SMILES string of the molecule is N#Cc1ccc(-c2ncccc2OCc2cccnc2)cc1. The van der Waals surface area contributed by atoms with E-state index in [0.717, 1.165) is 16.8 Å². The summed E-state index contributed by atoms with van der Waals surface area (Å²) in [5, 5.41) is 8.87. The fourth-order valence-corrected chi connectivity index (χ4v) is 2.07. The molecule has 0 bridgehead atoms. The van der Waals surface area contributed by atoms with Gasteiger partial charge in [0.2, 0.25) is 0 Å². The van der Waals surface area contributed by atoms with Crippen molar-refractivity contribution in [2.75, 3.05) is 0 Å². The number of nitrogens with zero attached hydrogens (tertiary/aromatic N) is 3. The molecule has 0 saturated heterocycles. The largest absolute Gasteiger partial charge is 0.487 e. The molecular formula is C18H13N3O. The maximum absolute atomic E-state index is 8.87. The third-order valence-corrected chi connectivity index (χ3v) is 3.18. The molecule has 0 N–H and O–H groups in total. The number of aromatic nitrogens is 2. The van der Waals surface area contributed by atoms with Crippen LogP contribution in [0.2, 0.25) is 0 Å². The number of nitriles is 1. The molecule has 106 valence electrons. The van der Waals surface area contributed by atoms with Gasteiger partial charge in [-0.3, -0.25) is 9.97 Å². The molecule has 0 saturated carbocycles. The summed E-state index contributed by atoms with van der Waals surface area (Å²) < 4.78 is 5.87. The molecule has 0 radical (unpaired) electrons. The monoisotopic (exact) mass is 287 g/mol. The molecule has 1 aromatic carbocycles. The number of ether oxygens (including phenoxy) is 1. The summed E-state index contributed by atoms with van der Waals surface area (Å²) in [6.07, 6.45) is 5.23. The summed E-state index contributed by atoms with van der Waals surface area (Å²) in [5.74, 6) is 0.705. The Kier molecular flexibility index (Phi) is 4.08. The highest BCUT2D eigenvalue weighted by molar-refractivity contribution is 5.66. The van der Waals surface area contributed by atoms with Gasteiger partial charge in [0, 0.05) is 29.7 Å². The molecule has 2 aromatic heterocycles. The average molecular weight is 287 g/mol. The highest BCUT2D eigenvalue weighted by Gasteiger charge is 2.08. The standard InChI is InChI=1S/C18H13N3O/c19-11-14-5-7-16(8-6-14)18-17(4-2-10-21-18)22-13-15-3-1-9-20-12-15/h1-10,12H,13H2. The van der Waals surface area contributed by atoms with E-state index in [-0.39, 0.29) is 0 Å². The van der Waals surface area contributed by atoms with Crippen molar-refractivity contribution in [1.29, 1.82) is 5.26 Å². The van der Waals surface area contributed by atoms with Crippen LogP contribution in [0, 0.1) is 11.3 Å². The van der Waals surface area contributed by atoms with Crippen LogP contribution in [0.15, 0.2) is 67.1 Å². The van der Waals surface area contributed by atoms with Gasteiger partial charge in [-0.1, -0.05) is 18.2 Å². The molecule has 0 aliphatic carbocycles. The van der Waals surface area contributed by atoms with Crippen molar-refractivity contribution in [3.8, 4) is 23.1 Å². The molecule has 0 amide bonds. The topological polar surface area (TPSA) is 58.8 Å². The van der Waals surface area contributed by atoms with E-state index < -0.39 is 0 Å². The van der Waals surface area contributed by atoms with E-state index >= 15 is 0 Å². The fourth-order valence-electron chi connectivity index (χ4n) is 2.07. The van der Waals surface area contributed by atoms with Crippen LogP contribution in [0.5, 0.6) is 5.75 Å². The van der Waals surface area contributed by atoms with Crippen LogP contribution in [0.25, 0.3) is 11.3 Å². The molecule has 0 spiro atoms. The number of rotatable bonds is 4. The summed E-state index contributed by atoms with van der Waals surface area (Å²) in [7, 11) is 0. The summed E-state index contributed by atoms with van der Waals surface area (Å²) in [4.78, 5) is 8.46. The Balaban J connectivity index is 1.84. The van der Waals surface area contributed by atoms with Crippen molar-refractivity contribution in [3.05, 3.63) is 78.2 Å². The molecule has 0 atom stereocenters. The van der Waals surface area contributed by atoms with Gasteiger partial charge in [0.25, 0.3) is 0 Å². The maximum Gasteiger partial charge on any atom is 0.146 e. The minimum atomic E-state index is 0.433. The molecule has 0 unspecified atom stereocenters. The van der Waals surface area contributed by atoms with E-state index in [2.05, 4.69) is 16.0 Å². The number of hydrogen-bond donors (Lipinski definition) is 0. The second-order valence-corrected chi connectivity index (χ2v) is 4.69. The van der Waals surface area contributed by atoms with Crippen LogP contribution in [-0.2, 0) is 6.61 Å². The molecule has 3 aromatic rings. The Bertz CT molecular complexity index is 793. The highest BCUT2D eigenvalue weighted by Crippen LogP contribution is 2.28. The molecule has 22 heavy (non-hydrogen) atoms. The smallest absolute Gasteiger partial charge is 0.146 e. The Hall–Kier alpha value is -3.19. The number of pyridine rings is 2. The van der Waals surface area contributed by atoms with Gasteiger partial charge in [0.15, 0.2) is 0 Å².